The number of aromatic nitrogens is 7. The monoisotopic (exact) mass is 454 g/mol. The fourth-order valence-corrected chi connectivity index (χ4v) is 4.05. The van der Waals surface area contributed by atoms with Crippen molar-refractivity contribution < 1.29 is 9.13 Å². The summed E-state index contributed by atoms with van der Waals surface area (Å²) in [7, 11) is 0. The van der Waals surface area contributed by atoms with Gasteiger partial charge in [0.05, 0.1) is 16.4 Å². The Kier molecular flexibility index (Phi) is 6.95. The van der Waals surface area contributed by atoms with Gasteiger partial charge in [0.2, 0.25) is 0 Å². The van der Waals surface area contributed by atoms with Gasteiger partial charge < -0.3 is 9.64 Å². The molecule has 9 nitrogen and oxygen atoms in total. The van der Waals surface area contributed by atoms with Crippen LogP contribution in [0.2, 0.25) is 0 Å². The minimum absolute atomic E-state index is 0.269. The summed E-state index contributed by atoms with van der Waals surface area (Å²) in [6, 6.07) is 9.27. The zero-order valence-electron chi connectivity index (χ0n) is 17.8. The van der Waals surface area contributed by atoms with Crippen molar-refractivity contribution in [2.75, 3.05) is 18.0 Å². The fraction of sp³-hybridized carbons (Fsp3) is 0.333. The van der Waals surface area contributed by atoms with Gasteiger partial charge in [0.25, 0.3) is 0 Å². The van der Waals surface area contributed by atoms with Crippen molar-refractivity contribution in [2.24, 2.45) is 0 Å². The Labute approximate surface area is 188 Å². The van der Waals surface area contributed by atoms with Crippen LogP contribution in [0.5, 0.6) is 5.75 Å². The van der Waals surface area contributed by atoms with Gasteiger partial charge in [-0.2, -0.15) is 9.37 Å². The number of thiazole rings is 1. The first-order valence-corrected chi connectivity index (χ1v) is 11.1. The molecule has 0 bridgehead atoms. The number of halogens is 1. The third-order valence-corrected chi connectivity index (χ3v) is 6.10. The lowest BCUT2D eigenvalue weighted by atomic mass is 10.1. The van der Waals surface area contributed by atoms with Gasteiger partial charge in [0.15, 0.2) is 0 Å². The number of hydrogen-bond donors (Lipinski definition) is 0. The van der Waals surface area contributed by atoms with Crippen LogP contribution in [-0.4, -0.2) is 48.2 Å². The molecular formula is C21H23FN8OS. The molecule has 1 unspecified atom stereocenters. The molecule has 1 atom stereocenters. The lowest BCUT2D eigenvalue weighted by Gasteiger charge is -2.23. The maximum absolute atomic E-state index is 13.3. The molecule has 3 heterocycles. The molecule has 0 aliphatic carbocycles. The number of ether oxygens (including phenoxy) is 1. The summed E-state index contributed by atoms with van der Waals surface area (Å²) >= 11 is 1.63. The van der Waals surface area contributed by atoms with E-state index in [1.54, 1.807) is 28.4 Å². The van der Waals surface area contributed by atoms with Gasteiger partial charge in [-0.15, -0.1) is 16.4 Å². The molecule has 0 aliphatic rings. The van der Waals surface area contributed by atoms with E-state index in [2.05, 4.69) is 32.4 Å². The number of tetrazole rings is 1. The van der Waals surface area contributed by atoms with E-state index >= 15 is 0 Å². The average Bonchev–Trinajstić information content (AvgIpc) is 3.51. The molecule has 1 aromatic carbocycles. The predicted molar refractivity (Wildman–Crippen MR) is 119 cm³/mol. The van der Waals surface area contributed by atoms with Crippen molar-refractivity contribution in [3.63, 3.8) is 0 Å². The van der Waals surface area contributed by atoms with Crippen LogP contribution in [0.4, 0.5) is 10.2 Å². The van der Waals surface area contributed by atoms with Gasteiger partial charge >= 0.3 is 6.08 Å². The van der Waals surface area contributed by atoms with E-state index < -0.39 is 6.08 Å². The predicted octanol–water partition coefficient (Wildman–Crippen LogP) is 3.65. The van der Waals surface area contributed by atoms with E-state index in [-0.39, 0.29) is 5.92 Å². The van der Waals surface area contributed by atoms with Gasteiger partial charge in [-0.05, 0) is 54.1 Å². The van der Waals surface area contributed by atoms with E-state index in [0.29, 0.717) is 12.4 Å². The Hall–Kier alpha value is -3.47. The molecule has 0 radical (unpaired) electrons. The van der Waals surface area contributed by atoms with Crippen LogP contribution in [0, 0.1) is 6.08 Å². The Morgan fingerprint density at radius 1 is 1.19 bits per heavy atom. The molecule has 0 aliphatic heterocycles. The number of hydrogen-bond acceptors (Lipinski definition) is 9. The highest BCUT2D eigenvalue weighted by atomic mass is 32.1. The van der Waals surface area contributed by atoms with Crippen LogP contribution in [0.3, 0.4) is 0 Å². The van der Waals surface area contributed by atoms with E-state index in [9.17, 15) is 4.39 Å². The van der Waals surface area contributed by atoms with Crippen molar-refractivity contribution in [1.29, 1.82) is 0 Å². The highest BCUT2D eigenvalue weighted by Gasteiger charge is 2.14. The van der Waals surface area contributed by atoms with Gasteiger partial charge in [-0.25, -0.2) is 14.6 Å². The van der Waals surface area contributed by atoms with Gasteiger partial charge in [-0.1, -0.05) is 6.92 Å². The summed E-state index contributed by atoms with van der Waals surface area (Å²) in [5, 5.41) is 14.2. The van der Waals surface area contributed by atoms with Crippen LogP contribution in [-0.2, 0) is 6.61 Å². The molecule has 3 aromatic heterocycles. The smallest absolute Gasteiger partial charge is 0.310 e. The standard InChI is InChI=1S/C21H23FN8OS/c1-3-29(19-8-10-23-21(22)26-19)11-9-15(2)20-25-16(13-32-20)12-31-18-6-4-17(5-7-18)30-14-24-27-28-30/h4-8,10,13-15H,3,9,11-12H2,1-2H3. The second kappa shape index (κ2) is 10.2. The average molecular weight is 455 g/mol. The summed E-state index contributed by atoms with van der Waals surface area (Å²) < 4.78 is 20.8. The molecular weight excluding hydrogens is 431 g/mol. The summed E-state index contributed by atoms with van der Waals surface area (Å²) in [6.45, 7) is 6.07. The van der Waals surface area contributed by atoms with Crippen LogP contribution in [0.15, 0.2) is 48.2 Å². The lowest BCUT2D eigenvalue weighted by molar-refractivity contribution is 0.301. The molecule has 0 amide bonds. The third-order valence-electron chi connectivity index (χ3n) is 4.98. The van der Waals surface area contributed by atoms with Crippen LogP contribution < -0.4 is 9.64 Å². The van der Waals surface area contributed by atoms with E-state index in [1.807, 2.05) is 41.5 Å². The van der Waals surface area contributed by atoms with Crippen LogP contribution in [0.1, 0.15) is 36.9 Å². The number of nitrogens with zero attached hydrogens (tertiary/aromatic N) is 8. The molecule has 0 saturated heterocycles. The second-order valence-corrected chi connectivity index (χ2v) is 8.06. The van der Waals surface area contributed by atoms with Crippen LogP contribution >= 0.6 is 11.3 Å². The SMILES string of the molecule is CCN(CCC(C)c1nc(COc2ccc(-n3cnnn3)cc2)cs1)c1ccnc(F)n1. The summed E-state index contributed by atoms with van der Waals surface area (Å²) in [5.41, 5.74) is 1.75. The van der Waals surface area contributed by atoms with Crippen molar-refractivity contribution in [3.8, 4) is 11.4 Å². The first-order valence-electron chi connectivity index (χ1n) is 10.3. The highest BCUT2D eigenvalue weighted by Crippen LogP contribution is 2.25. The summed E-state index contributed by atoms with van der Waals surface area (Å²) in [4.78, 5) is 14.2. The summed E-state index contributed by atoms with van der Waals surface area (Å²) in [6.07, 6.45) is 3.16. The zero-order valence-corrected chi connectivity index (χ0v) is 18.6. The van der Waals surface area contributed by atoms with Crippen molar-refractivity contribution in [2.45, 2.75) is 32.8 Å². The van der Waals surface area contributed by atoms with E-state index in [4.69, 9.17) is 9.72 Å². The molecule has 0 N–H and O–H groups in total. The number of anilines is 1. The maximum atomic E-state index is 13.3. The quantitative estimate of drug-likeness (QED) is 0.335. The van der Waals surface area contributed by atoms with Crippen molar-refractivity contribution >= 4 is 17.2 Å². The largest absolute Gasteiger partial charge is 0.487 e. The molecule has 4 aromatic rings. The first-order chi connectivity index (χ1) is 15.6. The topological polar surface area (TPSA) is 94.7 Å². The lowest BCUT2D eigenvalue weighted by Crippen LogP contribution is -2.26. The normalized spacial score (nSPS) is 12.0. The van der Waals surface area contributed by atoms with Crippen molar-refractivity contribution in [3.05, 3.63) is 65.0 Å². The van der Waals surface area contributed by atoms with E-state index in [0.717, 1.165) is 41.6 Å². The molecule has 0 spiro atoms. The molecule has 11 heteroatoms. The summed E-state index contributed by atoms with van der Waals surface area (Å²) in [5.74, 6) is 1.62. The Morgan fingerprint density at radius 3 is 2.75 bits per heavy atom. The molecule has 0 fully saturated rings. The fourth-order valence-electron chi connectivity index (χ4n) is 3.16. The third kappa shape index (κ3) is 5.41. The number of benzene rings is 1. The minimum atomic E-state index is -0.705. The van der Waals surface area contributed by atoms with E-state index in [1.165, 1.54) is 6.20 Å². The van der Waals surface area contributed by atoms with Crippen molar-refractivity contribution in [1.82, 2.24) is 35.2 Å². The number of rotatable bonds is 10. The van der Waals surface area contributed by atoms with Crippen LogP contribution in [0.25, 0.3) is 5.69 Å². The first kappa shape index (κ1) is 21.8. The molecule has 0 saturated carbocycles. The van der Waals surface area contributed by atoms with Gasteiger partial charge in [0, 0.05) is 30.6 Å². The molecule has 4 rings (SSSR count). The molecule has 32 heavy (non-hydrogen) atoms. The maximum Gasteiger partial charge on any atom is 0.310 e. The Balaban J connectivity index is 1.29. The molecule has 166 valence electrons. The Bertz CT molecular complexity index is 1120. The zero-order chi connectivity index (χ0) is 22.3. The van der Waals surface area contributed by atoms with Gasteiger partial charge in [-0.3, -0.25) is 0 Å². The Morgan fingerprint density at radius 2 is 2.03 bits per heavy atom. The highest BCUT2D eigenvalue weighted by molar-refractivity contribution is 7.09. The van der Waals surface area contributed by atoms with Gasteiger partial charge in [0.1, 0.15) is 24.5 Å². The minimum Gasteiger partial charge on any atom is -0.487 e. The second-order valence-electron chi connectivity index (χ2n) is 7.17.